The number of carbonyl (C=O) groups excluding carboxylic acids is 1. The number of fused-ring (bicyclic) bond motifs is 3. The van der Waals surface area contributed by atoms with Crippen LogP contribution in [0.5, 0.6) is 0 Å². The topological polar surface area (TPSA) is 107 Å². The van der Waals surface area contributed by atoms with E-state index < -0.39 is 42.7 Å². The minimum absolute atomic E-state index is 0.150. The fourth-order valence-electron chi connectivity index (χ4n) is 4.55. The number of nitrogens with zero attached hydrogens (tertiary/aromatic N) is 4. The summed E-state index contributed by atoms with van der Waals surface area (Å²) in [7, 11) is 0. The van der Waals surface area contributed by atoms with Crippen molar-refractivity contribution < 1.29 is 28.5 Å². The van der Waals surface area contributed by atoms with Crippen LogP contribution >= 0.6 is 11.6 Å². The van der Waals surface area contributed by atoms with Crippen LogP contribution in [0.4, 0.5) is 0 Å². The molecular formula is C22H21ClN4O6. The number of ether oxygens (including phenoxy) is 5. The Morgan fingerprint density at radius 1 is 1.06 bits per heavy atom. The minimum atomic E-state index is -0.994. The molecule has 3 saturated heterocycles. The highest BCUT2D eigenvalue weighted by Gasteiger charge is 2.57. The molecule has 1 aromatic carbocycles. The molecular weight excluding hydrogens is 452 g/mol. The molecule has 3 fully saturated rings. The summed E-state index contributed by atoms with van der Waals surface area (Å²) in [5, 5.41) is 0.219. The van der Waals surface area contributed by atoms with Gasteiger partial charge < -0.3 is 23.7 Å². The molecule has 172 valence electrons. The molecule has 0 amide bonds. The van der Waals surface area contributed by atoms with Gasteiger partial charge in [-0.05, 0) is 13.8 Å². The lowest BCUT2D eigenvalue weighted by Crippen LogP contribution is -2.49. The second-order valence-electron chi connectivity index (χ2n) is 8.61. The number of imidazole rings is 1. The van der Waals surface area contributed by atoms with Crippen LogP contribution < -0.4 is 0 Å². The zero-order valence-electron chi connectivity index (χ0n) is 17.8. The standard InChI is InChI=1S/C22H21ClN4O6/c1-22(2)32-16-14(28)15-12(8-29-21(31-15)11-6-4-3-5-7-11)30-20(17(16)33-22)27-10-26-13-18(23)24-9-25-19(13)27/h3-7,9-10,12,15-17,20-21H,8H2,1-2H3/t12-,15-,16-,17-,20-,21?/m1/s1. The molecule has 0 saturated carbocycles. The summed E-state index contributed by atoms with van der Waals surface area (Å²) in [5.41, 5.74) is 1.69. The van der Waals surface area contributed by atoms with Gasteiger partial charge in [0.2, 0.25) is 0 Å². The second-order valence-corrected chi connectivity index (χ2v) is 8.97. The van der Waals surface area contributed by atoms with Crippen molar-refractivity contribution in [2.24, 2.45) is 0 Å². The Kier molecular flexibility index (Phi) is 4.98. The Balaban J connectivity index is 1.39. The smallest absolute Gasteiger partial charge is 0.196 e. The molecule has 3 aromatic rings. The number of Topliss-reactive ketones (excluding diaryl/α,β-unsaturated/α-hetero) is 1. The van der Waals surface area contributed by atoms with E-state index in [1.807, 2.05) is 30.3 Å². The van der Waals surface area contributed by atoms with E-state index in [0.717, 1.165) is 5.56 Å². The highest BCUT2D eigenvalue weighted by Crippen LogP contribution is 2.42. The largest absolute Gasteiger partial charge is 0.346 e. The number of hydrogen-bond donors (Lipinski definition) is 0. The first kappa shape index (κ1) is 21.1. The summed E-state index contributed by atoms with van der Waals surface area (Å²) in [6.45, 7) is 3.66. The number of ketones is 1. The molecule has 6 atom stereocenters. The van der Waals surface area contributed by atoms with Crippen molar-refractivity contribution in [3.05, 3.63) is 53.7 Å². The zero-order valence-corrected chi connectivity index (χ0v) is 18.6. The van der Waals surface area contributed by atoms with E-state index in [1.54, 1.807) is 24.7 Å². The fraction of sp³-hybridized carbons (Fsp3) is 0.455. The van der Waals surface area contributed by atoms with Gasteiger partial charge in [-0.3, -0.25) is 9.36 Å². The van der Waals surface area contributed by atoms with Crippen LogP contribution in [0, 0.1) is 0 Å². The maximum absolute atomic E-state index is 13.6. The molecule has 3 aliphatic heterocycles. The Morgan fingerprint density at radius 3 is 2.70 bits per heavy atom. The van der Waals surface area contributed by atoms with Crippen LogP contribution in [-0.2, 0) is 28.5 Å². The maximum atomic E-state index is 13.6. The Morgan fingerprint density at radius 2 is 1.88 bits per heavy atom. The number of carbonyl (C=O) groups is 1. The molecule has 0 bridgehead atoms. The summed E-state index contributed by atoms with van der Waals surface area (Å²) < 4.78 is 32.3. The van der Waals surface area contributed by atoms with Gasteiger partial charge >= 0.3 is 0 Å². The van der Waals surface area contributed by atoms with Crippen LogP contribution in [-0.4, -0.2) is 62.1 Å². The van der Waals surface area contributed by atoms with Crippen molar-refractivity contribution in [2.45, 2.75) is 56.6 Å². The third-order valence-electron chi connectivity index (χ3n) is 5.96. The predicted molar refractivity (Wildman–Crippen MR) is 113 cm³/mol. The number of hydrogen-bond acceptors (Lipinski definition) is 9. The predicted octanol–water partition coefficient (Wildman–Crippen LogP) is 2.58. The Bertz CT molecular complexity index is 1200. The third kappa shape index (κ3) is 3.54. The lowest BCUT2D eigenvalue weighted by atomic mass is 10.0. The molecule has 3 aliphatic rings. The molecule has 33 heavy (non-hydrogen) atoms. The van der Waals surface area contributed by atoms with Crippen molar-refractivity contribution in [1.29, 1.82) is 0 Å². The summed E-state index contributed by atoms with van der Waals surface area (Å²) in [4.78, 5) is 26.2. The van der Waals surface area contributed by atoms with E-state index in [2.05, 4.69) is 15.0 Å². The first-order valence-electron chi connectivity index (χ1n) is 10.6. The van der Waals surface area contributed by atoms with Crippen LogP contribution in [0.25, 0.3) is 11.2 Å². The van der Waals surface area contributed by atoms with Gasteiger partial charge in [-0.2, -0.15) is 0 Å². The molecule has 2 aromatic heterocycles. The van der Waals surface area contributed by atoms with Crippen molar-refractivity contribution >= 4 is 28.5 Å². The summed E-state index contributed by atoms with van der Waals surface area (Å²) in [6, 6.07) is 9.45. The number of halogens is 1. The van der Waals surface area contributed by atoms with Gasteiger partial charge in [-0.15, -0.1) is 0 Å². The van der Waals surface area contributed by atoms with E-state index in [0.29, 0.717) is 11.2 Å². The molecule has 5 heterocycles. The summed E-state index contributed by atoms with van der Waals surface area (Å²) in [6.07, 6.45) is -1.84. The van der Waals surface area contributed by atoms with E-state index in [1.165, 1.54) is 6.33 Å². The van der Waals surface area contributed by atoms with Gasteiger partial charge in [0.05, 0.1) is 12.9 Å². The highest BCUT2D eigenvalue weighted by molar-refractivity contribution is 6.33. The lowest BCUT2D eigenvalue weighted by molar-refractivity contribution is -0.276. The van der Waals surface area contributed by atoms with Gasteiger partial charge in [0.25, 0.3) is 0 Å². The highest BCUT2D eigenvalue weighted by atomic mass is 35.5. The van der Waals surface area contributed by atoms with Crippen LogP contribution in [0.15, 0.2) is 43.0 Å². The van der Waals surface area contributed by atoms with Crippen molar-refractivity contribution in [3.63, 3.8) is 0 Å². The number of aromatic nitrogens is 4. The van der Waals surface area contributed by atoms with Crippen LogP contribution in [0.3, 0.4) is 0 Å². The van der Waals surface area contributed by atoms with Crippen molar-refractivity contribution in [2.75, 3.05) is 6.61 Å². The normalized spacial score (nSPS) is 33.5. The van der Waals surface area contributed by atoms with Gasteiger partial charge in [-0.1, -0.05) is 41.9 Å². The average molecular weight is 473 g/mol. The molecule has 11 heteroatoms. The van der Waals surface area contributed by atoms with E-state index in [4.69, 9.17) is 35.3 Å². The third-order valence-corrected chi connectivity index (χ3v) is 6.24. The van der Waals surface area contributed by atoms with Gasteiger partial charge in [0, 0.05) is 5.56 Å². The first-order valence-corrected chi connectivity index (χ1v) is 11.0. The maximum Gasteiger partial charge on any atom is 0.196 e. The molecule has 1 unspecified atom stereocenters. The van der Waals surface area contributed by atoms with Crippen LogP contribution in [0.2, 0.25) is 5.15 Å². The number of benzene rings is 1. The summed E-state index contributed by atoms with van der Waals surface area (Å²) in [5.74, 6) is -1.24. The van der Waals surface area contributed by atoms with Crippen molar-refractivity contribution in [3.8, 4) is 0 Å². The van der Waals surface area contributed by atoms with Gasteiger partial charge in [-0.25, -0.2) is 15.0 Å². The monoisotopic (exact) mass is 472 g/mol. The fourth-order valence-corrected chi connectivity index (χ4v) is 4.72. The Hall–Kier alpha value is -2.47. The van der Waals surface area contributed by atoms with E-state index in [9.17, 15) is 4.79 Å². The molecule has 0 aliphatic carbocycles. The average Bonchev–Trinajstić information content (AvgIpc) is 3.36. The lowest BCUT2D eigenvalue weighted by Gasteiger charge is -2.36. The minimum Gasteiger partial charge on any atom is -0.346 e. The molecule has 0 N–H and O–H groups in total. The molecule has 0 radical (unpaired) electrons. The zero-order chi connectivity index (χ0) is 22.7. The Labute approximate surface area is 193 Å². The van der Waals surface area contributed by atoms with Crippen LogP contribution in [0.1, 0.15) is 31.9 Å². The van der Waals surface area contributed by atoms with Gasteiger partial charge in [0.15, 0.2) is 47.1 Å². The quantitative estimate of drug-likeness (QED) is 0.520. The first-order chi connectivity index (χ1) is 15.9. The molecule has 6 rings (SSSR count). The molecule has 0 spiro atoms. The SMILES string of the molecule is CC1(C)O[C@@H]2[C@H](O1)C(=O)[C@@H]1OC(c3ccccc3)OC[C@H]1O[C@H]2n1cnc2c(Cl)ncnc21. The van der Waals surface area contributed by atoms with E-state index in [-0.39, 0.29) is 17.5 Å². The van der Waals surface area contributed by atoms with Gasteiger partial charge in [0.1, 0.15) is 24.1 Å². The van der Waals surface area contributed by atoms with Crippen molar-refractivity contribution in [1.82, 2.24) is 19.5 Å². The summed E-state index contributed by atoms with van der Waals surface area (Å²) >= 11 is 6.19. The number of rotatable bonds is 2. The second kappa shape index (κ2) is 7.79. The molecule has 10 nitrogen and oxygen atoms in total. The van der Waals surface area contributed by atoms with E-state index >= 15 is 0 Å².